The van der Waals surface area contributed by atoms with Crippen molar-refractivity contribution in [1.82, 2.24) is 15.2 Å². The zero-order chi connectivity index (χ0) is 24.6. The highest BCUT2D eigenvalue weighted by molar-refractivity contribution is 5.78. The van der Waals surface area contributed by atoms with Gasteiger partial charge in [-0.15, -0.1) is 0 Å². The molecule has 1 N–H and O–H groups in total. The van der Waals surface area contributed by atoms with Gasteiger partial charge in [0.25, 0.3) is 0 Å². The number of nitrogens with one attached hydrogen (secondary N) is 1. The van der Waals surface area contributed by atoms with Crippen molar-refractivity contribution in [3.8, 4) is 6.07 Å². The van der Waals surface area contributed by atoms with Crippen molar-refractivity contribution in [3.05, 3.63) is 59.3 Å². The van der Waals surface area contributed by atoms with E-state index in [2.05, 4.69) is 10.3 Å². The van der Waals surface area contributed by atoms with E-state index in [0.717, 1.165) is 11.9 Å². The molecule has 1 aliphatic carbocycles. The van der Waals surface area contributed by atoms with E-state index in [9.17, 15) is 13.6 Å². The number of pyridine rings is 1. The number of hydrogen-bond donors (Lipinski definition) is 1. The molecule has 0 aliphatic heterocycles. The van der Waals surface area contributed by atoms with Gasteiger partial charge < -0.3 is 9.80 Å². The maximum atomic E-state index is 14.2. The van der Waals surface area contributed by atoms with Gasteiger partial charge in [0.2, 0.25) is 5.91 Å². The Kier molecular flexibility index (Phi) is 9.30. The summed E-state index contributed by atoms with van der Waals surface area (Å²) in [6.07, 6.45) is 2.94. The number of likely N-dealkylation sites (N-methyl/N-ethyl adjacent to an activating group) is 2. The van der Waals surface area contributed by atoms with Crippen molar-refractivity contribution in [2.75, 3.05) is 31.6 Å². The molecular weight excluding hydrogens is 424 g/mol. The minimum atomic E-state index is -0.611. The minimum absolute atomic E-state index is 0.00577. The van der Waals surface area contributed by atoms with Crippen LogP contribution >= 0.6 is 0 Å². The first-order chi connectivity index (χ1) is 15.8. The van der Waals surface area contributed by atoms with Crippen LogP contribution in [0.25, 0.3) is 0 Å². The van der Waals surface area contributed by atoms with E-state index >= 15 is 0 Å². The molecule has 1 atom stereocenters. The maximum absolute atomic E-state index is 14.2. The molecule has 1 aromatic heterocycles. The summed E-state index contributed by atoms with van der Waals surface area (Å²) >= 11 is 0. The third-order valence-electron chi connectivity index (χ3n) is 5.89. The van der Waals surface area contributed by atoms with Gasteiger partial charge in [-0.2, -0.15) is 5.26 Å². The first-order valence-corrected chi connectivity index (χ1v) is 11.4. The van der Waals surface area contributed by atoms with Crippen LogP contribution in [-0.4, -0.2) is 48.5 Å². The van der Waals surface area contributed by atoms with Crippen molar-refractivity contribution in [3.63, 3.8) is 0 Å². The van der Waals surface area contributed by atoms with E-state index in [0.29, 0.717) is 37.1 Å². The molecule has 1 fully saturated rings. The van der Waals surface area contributed by atoms with Gasteiger partial charge in [0.05, 0.1) is 12.1 Å². The highest BCUT2D eigenvalue weighted by atomic mass is 19.1. The lowest BCUT2D eigenvalue weighted by Crippen LogP contribution is -2.47. The number of carbonyl (C=O) groups is 1. The summed E-state index contributed by atoms with van der Waals surface area (Å²) in [5.74, 6) is -0.559. The summed E-state index contributed by atoms with van der Waals surface area (Å²) < 4.78 is 27.4. The number of anilines is 1. The average Bonchev–Trinajstić information content (AvgIpc) is 3.62. The van der Waals surface area contributed by atoms with Crippen molar-refractivity contribution in [2.24, 2.45) is 0 Å². The Hall–Kier alpha value is -3.05. The zero-order valence-corrected chi connectivity index (χ0v) is 20.0. The molecule has 1 heterocycles. The second-order valence-corrected chi connectivity index (χ2v) is 7.97. The van der Waals surface area contributed by atoms with Gasteiger partial charge in [-0.25, -0.2) is 13.8 Å². The van der Waals surface area contributed by atoms with Gasteiger partial charge in [0.15, 0.2) is 0 Å². The number of hydrogen-bond acceptors (Lipinski definition) is 5. The Balaban J connectivity index is 0.00000187. The van der Waals surface area contributed by atoms with Crippen LogP contribution in [0.1, 0.15) is 51.7 Å². The number of carbonyl (C=O) groups excluding carboxylic acids is 1. The van der Waals surface area contributed by atoms with Gasteiger partial charge in [0, 0.05) is 49.5 Å². The van der Waals surface area contributed by atoms with Crippen LogP contribution in [0.3, 0.4) is 0 Å². The number of halogens is 2. The molecule has 33 heavy (non-hydrogen) atoms. The SMILES string of the molecule is CC.CCN(CC(C)N(C)c1ccc(C#N)cn1)C(=O)CNC1(c2ccc(F)cc2F)CC1. The molecule has 1 saturated carbocycles. The predicted octanol–water partition coefficient (Wildman–Crippen LogP) is 4.21. The van der Waals surface area contributed by atoms with E-state index in [-0.39, 0.29) is 18.5 Å². The Bertz CT molecular complexity index is 970. The standard InChI is InChI=1S/C23H27F2N5O.C2H6/c1-4-30(15-16(2)29(3)21-8-5-17(12-26)13-27-21)22(31)14-28-23(9-10-23)19-7-6-18(24)11-20(19)25;1-2/h5-8,11,13,16,28H,4,9-10,14-15H2,1-3H3;1-2H3. The number of rotatable bonds is 9. The molecule has 1 unspecified atom stereocenters. The molecular formula is C25H33F2N5O. The fraction of sp³-hybridized carbons (Fsp3) is 0.480. The largest absolute Gasteiger partial charge is 0.355 e. The zero-order valence-electron chi connectivity index (χ0n) is 20.0. The second kappa shape index (κ2) is 11.7. The Morgan fingerprint density at radius 3 is 2.48 bits per heavy atom. The van der Waals surface area contributed by atoms with Crippen molar-refractivity contribution in [1.29, 1.82) is 5.26 Å². The van der Waals surface area contributed by atoms with Crippen molar-refractivity contribution in [2.45, 2.75) is 52.1 Å². The molecule has 0 saturated heterocycles. The van der Waals surface area contributed by atoms with E-state index < -0.39 is 17.2 Å². The lowest BCUT2D eigenvalue weighted by molar-refractivity contribution is -0.130. The van der Waals surface area contributed by atoms with Crippen LogP contribution in [0.5, 0.6) is 0 Å². The van der Waals surface area contributed by atoms with Crippen LogP contribution in [0, 0.1) is 23.0 Å². The third-order valence-corrected chi connectivity index (χ3v) is 5.89. The topological polar surface area (TPSA) is 72.3 Å². The Morgan fingerprint density at radius 2 is 1.97 bits per heavy atom. The van der Waals surface area contributed by atoms with Crippen LogP contribution < -0.4 is 10.2 Å². The number of nitriles is 1. The van der Waals surface area contributed by atoms with Crippen molar-refractivity contribution < 1.29 is 13.6 Å². The van der Waals surface area contributed by atoms with Gasteiger partial charge in [0.1, 0.15) is 23.5 Å². The third kappa shape index (κ3) is 6.48. The maximum Gasteiger partial charge on any atom is 0.236 e. The molecule has 0 bridgehead atoms. The fourth-order valence-corrected chi connectivity index (χ4v) is 3.64. The van der Waals surface area contributed by atoms with Crippen LogP contribution in [0.2, 0.25) is 0 Å². The number of aromatic nitrogens is 1. The first kappa shape index (κ1) is 26.2. The van der Waals surface area contributed by atoms with E-state index in [1.165, 1.54) is 18.3 Å². The van der Waals surface area contributed by atoms with Gasteiger partial charge in [-0.3, -0.25) is 10.1 Å². The summed E-state index contributed by atoms with van der Waals surface area (Å²) in [6.45, 7) is 9.03. The molecule has 1 amide bonds. The molecule has 1 aromatic carbocycles. The number of amides is 1. The fourth-order valence-electron chi connectivity index (χ4n) is 3.64. The normalized spacial score (nSPS) is 14.4. The van der Waals surface area contributed by atoms with E-state index in [1.54, 1.807) is 17.0 Å². The summed E-state index contributed by atoms with van der Waals surface area (Å²) in [7, 11) is 1.89. The number of nitrogens with zero attached hydrogens (tertiary/aromatic N) is 4. The Labute approximate surface area is 195 Å². The molecule has 178 valence electrons. The average molecular weight is 458 g/mol. The molecule has 1 aliphatic rings. The van der Waals surface area contributed by atoms with Gasteiger partial charge >= 0.3 is 0 Å². The number of benzene rings is 1. The summed E-state index contributed by atoms with van der Waals surface area (Å²) in [4.78, 5) is 20.8. The molecule has 0 radical (unpaired) electrons. The molecule has 2 aromatic rings. The molecule has 3 rings (SSSR count). The molecule has 0 spiro atoms. The quantitative estimate of drug-likeness (QED) is 0.611. The minimum Gasteiger partial charge on any atom is -0.355 e. The molecule has 8 heteroatoms. The second-order valence-electron chi connectivity index (χ2n) is 7.97. The Morgan fingerprint density at radius 1 is 1.27 bits per heavy atom. The highest BCUT2D eigenvalue weighted by Gasteiger charge is 2.46. The van der Waals surface area contributed by atoms with Gasteiger partial charge in [-0.05, 0) is 44.9 Å². The summed E-state index contributed by atoms with van der Waals surface area (Å²) in [6, 6.07) is 9.11. The first-order valence-electron chi connectivity index (χ1n) is 11.4. The predicted molar refractivity (Wildman–Crippen MR) is 126 cm³/mol. The smallest absolute Gasteiger partial charge is 0.236 e. The molecule has 6 nitrogen and oxygen atoms in total. The van der Waals surface area contributed by atoms with Crippen LogP contribution in [0.4, 0.5) is 14.6 Å². The van der Waals surface area contributed by atoms with Crippen LogP contribution in [-0.2, 0) is 10.3 Å². The summed E-state index contributed by atoms with van der Waals surface area (Å²) in [5, 5.41) is 12.1. The lowest BCUT2D eigenvalue weighted by Gasteiger charge is -2.32. The van der Waals surface area contributed by atoms with Gasteiger partial charge in [-0.1, -0.05) is 19.9 Å². The monoisotopic (exact) mass is 457 g/mol. The van der Waals surface area contributed by atoms with E-state index in [4.69, 9.17) is 5.26 Å². The van der Waals surface area contributed by atoms with Crippen LogP contribution in [0.15, 0.2) is 36.5 Å². The lowest BCUT2D eigenvalue weighted by atomic mass is 10.0. The van der Waals surface area contributed by atoms with Crippen molar-refractivity contribution >= 4 is 11.7 Å². The highest BCUT2D eigenvalue weighted by Crippen LogP contribution is 2.46. The summed E-state index contributed by atoms with van der Waals surface area (Å²) in [5.41, 5.74) is 0.305. The van der Waals surface area contributed by atoms with E-state index in [1.807, 2.05) is 45.7 Å².